The van der Waals surface area contributed by atoms with Crippen LogP contribution in [0, 0.1) is 0 Å². The number of hydrazine groups is 1. The van der Waals surface area contributed by atoms with Gasteiger partial charge in [-0.05, 0) is 46.3 Å². The van der Waals surface area contributed by atoms with Crippen LogP contribution in [0.1, 0.15) is 5.56 Å². The third-order valence-electron chi connectivity index (χ3n) is 3.80. The van der Waals surface area contributed by atoms with E-state index in [1.807, 2.05) is 0 Å². The maximum absolute atomic E-state index is 12.7. The Bertz CT molecular complexity index is 978. The van der Waals surface area contributed by atoms with Crippen LogP contribution in [0.3, 0.4) is 0 Å². The van der Waals surface area contributed by atoms with E-state index in [-0.39, 0.29) is 17.9 Å². The number of amides is 2. The van der Waals surface area contributed by atoms with E-state index in [2.05, 4.69) is 26.1 Å². The summed E-state index contributed by atoms with van der Waals surface area (Å²) in [6, 6.07) is 11.8. The molecule has 1 heterocycles. The van der Waals surface area contributed by atoms with E-state index in [4.69, 9.17) is 16.3 Å². The average molecular weight is 466 g/mol. The molecule has 0 saturated carbocycles. The topological polar surface area (TPSA) is 84.9 Å². The third-order valence-corrected chi connectivity index (χ3v) is 4.61. The van der Waals surface area contributed by atoms with E-state index in [0.29, 0.717) is 20.7 Å². The van der Waals surface area contributed by atoms with Crippen LogP contribution in [0.2, 0.25) is 5.02 Å². The number of anilines is 1. The Morgan fingerprint density at radius 2 is 1.96 bits per heavy atom. The number of rotatable bonds is 5. The van der Waals surface area contributed by atoms with Crippen molar-refractivity contribution < 1.29 is 23.9 Å². The zero-order valence-electron chi connectivity index (χ0n) is 14.6. The average Bonchev–Trinajstić information content (AvgIpc) is 2.96. The molecule has 0 spiro atoms. The number of benzene rings is 2. The number of hydrogen-bond donors (Lipinski definition) is 1. The van der Waals surface area contributed by atoms with Gasteiger partial charge in [0.15, 0.2) is 6.61 Å². The first kappa shape index (κ1) is 19.9. The summed E-state index contributed by atoms with van der Waals surface area (Å²) in [5.74, 6) is -1.42. The molecule has 1 fully saturated rings. The molecule has 2 amide bonds. The minimum absolute atomic E-state index is 0.0964. The predicted molar refractivity (Wildman–Crippen MR) is 107 cm³/mol. The highest BCUT2D eigenvalue weighted by Gasteiger charge is 2.34. The van der Waals surface area contributed by atoms with Crippen LogP contribution in [-0.2, 0) is 19.1 Å². The normalized spacial score (nSPS) is 15.0. The Kier molecular flexibility index (Phi) is 6.01. The fourth-order valence-corrected chi connectivity index (χ4v) is 3.45. The number of ether oxygens (including phenoxy) is 2. The van der Waals surface area contributed by atoms with Crippen molar-refractivity contribution >= 4 is 57.1 Å². The first-order valence-corrected chi connectivity index (χ1v) is 9.18. The second-order valence-corrected chi connectivity index (χ2v) is 6.94. The van der Waals surface area contributed by atoms with E-state index >= 15 is 0 Å². The van der Waals surface area contributed by atoms with Gasteiger partial charge in [-0.2, -0.15) is 0 Å². The Balaban J connectivity index is 1.97. The van der Waals surface area contributed by atoms with Crippen molar-refractivity contribution in [2.45, 2.75) is 0 Å². The molecule has 0 aromatic heterocycles. The number of carbonyl (C=O) groups is 3. The summed E-state index contributed by atoms with van der Waals surface area (Å²) in [5.41, 5.74) is 3.30. The largest absolute Gasteiger partial charge is 0.480 e. The summed E-state index contributed by atoms with van der Waals surface area (Å²) < 4.78 is 10.5. The summed E-state index contributed by atoms with van der Waals surface area (Å²) in [7, 11) is 1.24. The first-order valence-electron chi connectivity index (χ1n) is 8.01. The maximum atomic E-state index is 12.7. The molecule has 0 unspecified atom stereocenters. The molecule has 0 aliphatic carbocycles. The van der Waals surface area contributed by atoms with Gasteiger partial charge in [-0.25, -0.2) is 9.80 Å². The molecule has 0 radical (unpaired) electrons. The summed E-state index contributed by atoms with van der Waals surface area (Å²) in [5, 5.41) is 1.51. The molecule has 1 aliphatic heterocycles. The van der Waals surface area contributed by atoms with Crippen molar-refractivity contribution in [3.8, 4) is 5.75 Å². The number of nitrogens with one attached hydrogen (secondary N) is 1. The lowest BCUT2D eigenvalue weighted by Gasteiger charge is -2.14. The molecule has 2 aromatic carbocycles. The van der Waals surface area contributed by atoms with Gasteiger partial charge in [-0.15, -0.1) is 0 Å². The predicted octanol–water partition coefficient (Wildman–Crippen LogP) is 3.12. The monoisotopic (exact) mass is 464 g/mol. The highest BCUT2D eigenvalue weighted by Crippen LogP contribution is 2.35. The van der Waals surface area contributed by atoms with Gasteiger partial charge in [-0.3, -0.25) is 15.0 Å². The molecular formula is C19H14BrClN2O5. The lowest BCUT2D eigenvalue weighted by molar-refractivity contribution is -0.143. The standard InChI is InChI=1S/C19H14BrClN2O5/c1-27-16(24)10-28-17-11(7-12(21)9-15(17)20)8-14-18(25)22-23(19(14)26)13-5-3-2-4-6-13/h2-9H,10H2,1H3,(H,22,25)/b14-8-. The van der Waals surface area contributed by atoms with Crippen LogP contribution in [0.15, 0.2) is 52.5 Å². The van der Waals surface area contributed by atoms with Crippen LogP contribution < -0.4 is 15.2 Å². The number of esters is 1. The van der Waals surface area contributed by atoms with Crippen LogP contribution >= 0.6 is 27.5 Å². The summed E-state index contributed by atoms with van der Waals surface area (Å²) in [6.07, 6.45) is 1.36. The highest BCUT2D eigenvalue weighted by atomic mass is 79.9. The zero-order chi connectivity index (χ0) is 20.3. The van der Waals surface area contributed by atoms with Crippen molar-refractivity contribution in [3.63, 3.8) is 0 Å². The van der Waals surface area contributed by atoms with Gasteiger partial charge < -0.3 is 9.47 Å². The van der Waals surface area contributed by atoms with E-state index < -0.39 is 17.8 Å². The number of methoxy groups -OCH3 is 1. The van der Waals surface area contributed by atoms with Gasteiger partial charge in [0.05, 0.1) is 17.3 Å². The Labute approximate surface area is 174 Å². The second kappa shape index (κ2) is 8.45. The lowest BCUT2D eigenvalue weighted by atomic mass is 10.1. The lowest BCUT2D eigenvalue weighted by Crippen LogP contribution is -2.35. The number of nitrogens with zero attached hydrogens (tertiary/aromatic N) is 1. The minimum Gasteiger partial charge on any atom is -0.480 e. The molecule has 28 heavy (non-hydrogen) atoms. The SMILES string of the molecule is COC(=O)COc1c(Br)cc(Cl)cc1/C=C1/C(=O)NN(c2ccccc2)C1=O. The molecule has 1 N–H and O–H groups in total. The number of para-hydroxylation sites is 1. The van der Waals surface area contributed by atoms with Crippen molar-refractivity contribution in [1.82, 2.24) is 5.43 Å². The van der Waals surface area contributed by atoms with Crippen LogP contribution in [0.5, 0.6) is 5.75 Å². The van der Waals surface area contributed by atoms with Crippen LogP contribution in [0.4, 0.5) is 5.69 Å². The van der Waals surface area contributed by atoms with Crippen molar-refractivity contribution in [2.24, 2.45) is 0 Å². The van der Waals surface area contributed by atoms with E-state index in [1.165, 1.54) is 19.3 Å². The fourth-order valence-electron chi connectivity index (χ4n) is 2.50. The van der Waals surface area contributed by atoms with Gasteiger partial charge in [-0.1, -0.05) is 29.8 Å². The first-order chi connectivity index (χ1) is 13.4. The van der Waals surface area contributed by atoms with Crippen LogP contribution in [0.25, 0.3) is 6.08 Å². The minimum atomic E-state index is -0.578. The van der Waals surface area contributed by atoms with Crippen molar-refractivity contribution in [2.75, 3.05) is 18.7 Å². The number of carbonyl (C=O) groups excluding carboxylic acids is 3. The molecule has 0 bridgehead atoms. The van der Waals surface area contributed by atoms with Gasteiger partial charge >= 0.3 is 5.97 Å². The van der Waals surface area contributed by atoms with Gasteiger partial charge in [0.2, 0.25) is 0 Å². The van der Waals surface area contributed by atoms with Gasteiger partial charge in [0, 0.05) is 10.6 Å². The Morgan fingerprint density at radius 3 is 2.64 bits per heavy atom. The van der Waals surface area contributed by atoms with E-state index in [9.17, 15) is 14.4 Å². The van der Waals surface area contributed by atoms with Crippen molar-refractivity contribution in [1.29, 1.82) is 0 Å². The Hall–Kier alpha value is -2.84. The number of hydrogen-bond acceptors (Lipinski definition) is 5. The number of halogens is 2. The highest BCUT2D eigenvalue weighted by molar-refractivity contribution is 9.10. The van der Waals surface area contributed by atoms with E-state index in [1.54, 1.807) is 36.4 Å². The molecule has 1 aliphatic rings. The molecule has 1 saturated heterocycles. The second-order valence-electron chi connectivity index (χ2n) is 5.65. The van der Waals surface area contributed by atoms with Crippen LogP contribution in [-0.4, -0.2) is 31.5 Å². The smallest absolute Gasteiger partial charge is 0.343 e. The zero-order valence-corrected chi connectivity index (χ0v) is 16.9. The summed E-state index contributed by atoms with van der Waals surface area (Å²) in [6.45, 7) is -0.344. The van der Waals surface area contributed by atoms with Crippen molar-refractivity contribution in [3.05, 3.63) is 63.1 Å². The third kappa shape index (κ3) is 4.18. The summed E-state index contributed by atoms with van der Waals surface area (Å²) >= 11 is 9.40. The van der Waals surface area contributed by atoms with E-state index in [0.717, 1.165) is 5.01 Å². The molecule has 9 heteroatoms. The summed E-state index contributed by atoms with van der Waals surface area (Å²) in [4.78, 5) is 36.5. The van der Waals surface area contributed by atoms with Gasteiger partial charge in [0.1, 0.15) is 11.3 Å². The molecule has 3 rings (SSSR count). The molecule has 144 valence electrons. The molecule has 0 atom stereocenters. The van der Waals surface area contributed by atoms with Gasteiger partial charge in [0.25, 0.3) is 11.8 Å². The maximum Gasteiger partial charge on any atom is 0.343 e. The Morgan fingerprint density at radius 1 is 1.25 bits per heavy atom. The molecular weight excluding hydrogens is 452 g/mol. The quantitative estimate of drug-likeness (QED) is 0.417. The fraction of sp³-hybridized carbons (Fsp3) is 0.105. The molecule has 2 aromatic rings. The molecule has 7 nitrogen and oxygen atoms in total.